The summed E-state index contributed by atoms with van der Waals surface area (Å²) >= 11 is 0. The number of thiol groups is 1. The first-order chi connectivity index (χ1) is 13.6. The Morgan fingerprint density at radius 3 is 1.45 bits per heavy atom. The monoisotopic (exact) mass is 429 g/mol. The maximum atomic E-state index is 15.3. The Kier molecular flexibility index (Phi) is 9.70. The van der Waals surface area contributed by atoms with Crippen molar-refractivity contribution >= 4 is 10.9 Å². The highest BCUT2D eigenvalue weighted by molar-refractivity contribution is 7.69. The molecule has 162 valence electrons. The minimum Gasteiger partial charge on any atom is -0.497 e. The maximum absolute atomic E-state index is 15.3. The fourth-order valence-corrected chi connectivity index (χ4v) is 2.85. The van der Waals surface area contributed by atoms with Crippen LogP contribution in [0.25, 0.3) is 0 Å². The van der Waals surface area contributed by atoms with Crippen molar-refractivity contribution in [3.8, 4) is 23.0 Å². The van der Waals surface area contributed by atoms with Gasteiger partial charge in [-0.1, -0.05) is 12.1 Å². The van der Waals surface area contributed by atoms with E-state index in [-0.39, 0.29) is 12.8 Å². The third-order valence-electron chi connectivity index (χ3n) is 4.11. The van der Waals surface area contributed by atoms with Crippen molar-refractivity contribution < 1.29 is 31.8 Å². The van der Waals surface area contributed by atoms with Crippen LogP contribution in [0.5, 0.6) is 23.0 Å². The minimum absolute atomic E-state index is 0.218. The Morgan fingerprint density at radius 2 is 1.17 bits per heavy atom. The van der Waals surface area contributed by atoms with Crippen LogP contribution in [0.2, 0.25) is 0 Å². The number of halogens is 1. The molecule has 0 spiro atoms. The first-order valence-corrected chi connectivity index (χ1v) is 9.90. The lowest BCUT2D eigenvalue weighted by molar-refractivity contribution is 0.185. The molecule has 0 radical (unpaired) electrons. The second-order valence-corrected chi connectivity index (χ2v) is 6.98. The van der Waals surface area contributed by atoms with Gasteiger partial charge in [0.15, 0.2) is 10.9 Å². The molecule has 0 aromatic heterocycles. The molecule has 0 unspecified atom stereocenters. The SMILES string of the molecule is COc1ccc(CC(C)(F)Cc2ccc(OC)cc2OC)c(OC)c1.N[SH](=O)=O. The van der Waals surface area contributed by atoms with Gasteiger partial charge in [0.25, 0.3) is 0 Å². The largest absolute Gasteiger partial charge is 0.497 e. The molecule has 9 heteroatoms. The van der Waals surface area contributed by atoms with Crippen LogP contribution in [0.3, 0.4) is 0 Å². The molecule has 0 saturated heterocycles. The third-order valence-corrected chi connectivity index (χ3v) is 4.11. The van der Waals surface area contributed by atoms with Crippen LogP contribution in [0.4, 0.5) is 4.39 Å². The van der Waals surface area contributed by atoms with E-state index in [0.717, 1.165) is 11.1 Å². The number of rotatable bonds is 8. The predicted octanol–water partition coefficient (Wildman–Crippen LogP) is 2.71. The Bertz CT molecular complexity index is 803. The normalized spacial score (nSPS) is 10.8. The van der Waals surface area contributed by atoms with Gasteiger partial charge in [0.05, 0.1) is 28.4 Å². The predicted molar refractivity (Wildman–Crippen MR) is 111 cm³/mol. The van der Waals surface area contributed by atoms with Crippen LogP contribution >= 0.6 is 0 Å². The average Bonchev–Trinajstić information content (AvgIpc) is 2.67. The molecule has 0 amide bonds. The van der Waals surface area contributed by atoms with Gasteiger partial charge in [0, 0.05) is 25.0 Å². The standard InChI is InChI=1S/C20H25FO4.H3NO2S/c1-20(21,12-14-6-8-16(22-2)10-18(14)24-4)13-15-7-9-17(23-3)11-19(15)25-5;1-4(2)3/h6-11H,12-13H2,1-5H3;4H,(H2,1,2,3). The molecular weight excluding hydrogens is 401 g/mol. The molecule has 0 bridgehead atoms. The second kappa shape index (κ2) is 11.5. The van der Waals surface area contributed by atoms with Crippen molar-refractivity contribution in [3.05, 3.63) is 47.5 Å². The number of nitrogens with two attached hydrogens (primary N) is 1. The van der Waals surface area contributed by atoms with Crippen molar-refractivity contribution in [3.63, 3.8) is 0 Å². The Balaban J connectivity index is 0.000000960. The summed E-state index contributed by atoms with van der Waals surface area (Å²) in [4.78, 5) is 0. The van der Waals surface area contributed by atoms with Gasteiger partial charge in [0.1, 0.15) is 28.7 Å². The molecule has 0 saturated carbocycles. The highest BCUT2D eigenvalue weighted by Gasteiger charge is 2.27. The van der Waals surface area contributed by atoms with E-state index in [1.165, 1.54) is 0 Å². The molecule has 29 heavy (non-hydrogen) atoms. The average molecular weight is 430 g/mol. The van der Waals surface area contributed by atoms with Gasteiger partial charge in [-0.2, -0.15) is 0 Å². The van der Waals surface area contributed by atoms with E-state index in [1.807, 2.05) is 24.3 Å². The second-order valence-electron chi connectivity index (χ2n) is 6.41. The summed E-state index contributed by atoms with van der Waals surface area (Å²) in [6, 6.07) is 10.8. The summed E-state index contributed by atoms with van der Waals surface area (Å²) in [5, 5.41) is 4.06. The summed E-state index contributed by atoms with van der Waals surface area (Å²) in [5.41, 5.74) is 0.116. The van der Waals surface area contributed by atoms with E-state index in [0.29, 0.717) is 23.0 Å². The zero-order chi connectivity index (χ0) is 22.0. The summed E-state index contributed by atoms with van der Waals surface area (Å²) in [6.07, 6.45) is 0.435. The first-order valence-electron chi connectivity index (χ1n) is 8.65. The van der Waals surface area contributed by atoms with Crippen LogP contribution < -0.4 is 24.1 Å². The lowest BCUT2D eigenvalue weighted by atomic mass is 9.90. The fraction of sp³-hybridized carbons (Fsp3) is 0.400. The molecule has 0 aliphatic heterocycles. The molecule has 2 aromatic carbocycles. The molecule has 2 aromatic rings. The van der Waals surface area contributed by atoms with Gasteiger partial charge in [0.2, 0.25) is 0 Å². The van der Waals surface area contributed by atoms with Crippen molar-refractivity contribution in [2.24, 2.45) is 5.14 Å². The van der Waals surface area contributed by atoms with Crippen molar-refractivity contribution in [2.45, 2.75) is 25.4 Å². The summed E-state index contributed by atoms with van der Waals surface area (Å²) in [7, 11) is 3.69. The van der Waals surface area contributed by atoms with Gasteiger partial charge < -0.3 is 18.9 Å². The third kappa shape index (κ3) is 8.16. The van der Waals surface area contributed by atoms with E-state index in [9.17, 15) is 0 Å². The van der Waals surface area contributed by atoms with Crippen LogP contribution in [-0.4, -0.2) is 42.5 Å². The molecular formula is C20H28FNO6S. The molecule has 0 atom stereocenters. The molecule has 0 aliphatic rings. The minimum atomic E-state index is -2.62. The maximum Gasteiger partial charge on any atom is 0.198 e. The summed E-state index contributed by atoms with van der Waals surface area (Å²) in [6.45, 7) is 1.58. The highest BCUT2D eigenvalue weighted by atomic mass is 32.2. The van der Waals surface area contributed by atoms with Gasteiger partial charge in [-0.15, -0.1) is 0 Å². The molecule has 2 N–H and O–H groups in total. The van der Waals surface area contributed by atoms with Crippen molar-refractivity contribution in [2.75, 3.05) is 28.4 Å². The van der Waals surface area contributed by atoms with Crippen molar-refractivity contribution in [1.29, 1.82) is 0 Å². The van der Waals surface area contributed by atoms with Gasteiger partial charge in [-0.05, 0) is 30.2 Å². The number of hydrogen-bond acceptors (Lipinski definition) is 6. The van der Waals surface area contributed by atoms with Gasteiger partial charge >= 0.3 is 0 Å². The molecule has 0 aliphatic carbocycles. The highest BCUT2D eigenvalue weighted by Crippen LogP contribution is 2.33. The molecule has 2 rings (SSSR count). The van der Waals surface area contributed by atoms with E-state index in [2.05, 4.69) is 5.14 Å². The summed E-state index contributed by atoms with van der Waals surface area (Å²) in [5.74, 6) is 2.59. The van der Waals surface area contributed by atoms with Gasteiger partial charge in [-0.25, -0.2) is 17.9 Å². The van der Waals surface area contributed by atoms with E-state index < -0.39 is 16.6 Å². The first kappa shape index (κ1) is 24.5. The van der Waals surface area contributed by atoms with E-state index >= 15 is 4.39 Å². The Morgan fingerprint density at radius 1 is 0.828 bits per heavy atom. The lowest BCUT2D eigenvalue weighted by Gasteiger charge is -2.23. The molecule has 0 heterocycles. The topological polar surface area (TPSA) is 97.1 Å². The number of hydrogen-bond donors (Lipinski definition) is 2. The summed E-state index contributed by atoms with van der Waals surface area (Å²) < 4.78 is 54.0. The van der Waals surface area contributed by atoms with Crippen LogP contribution in [0.15, 0.2) is 36.4 Å². The zero-order valence-corrected chi connectivity index (χ0v) is 18.1. The number of benzene rings is 2. The fourth-order valence-electron chi connectivity index (χ4n) is 2.85. The van der Waals surface area contributed by atoms with E-state index in [4.69, 9.17) is 27.4 Å². The Hall–Kier alpha value is -2.52. The zero-order valence-electron chi connectivity index (χ0n) is 17.2. The molecule has 0 fully saturated rings. The van der Waals surface area contributed by atoms with Gasteiger partial charge in [-0.3, -0.25) is 0 Å². The lowest BCUT2D eigenvalue weighted by Crippen LogP contribution is -2.25. The number of alkyl halides is 1. The van der Waals surface area contributed by atoms with Crippen molar-refractivity contribution in [1.82, 2.24) is 0 Å². The van der Waals surface area contributed by atoms with Crippen LogP contribution in [0, 0.1) is 0 Å². The number of ether oxygens (including phenoxy) is 4. The quantitative estimate of drug-likeness (QED) is 0.627. The Labute approximate surface area is 172 Å². The van der Waals surface area contributed by atoms with E-state index in [1.54, 1.807) is 47.5 Å². The molecule has 7 nitrogen and oxygen atoms in total. The smallest absolute Gasteiger partial charge is 0.198 e. The van der Waals surface area contributed by atoms with Crippen LogP contribution in [-0.2, 0) is 23.7 Å². The number of methoxy groups -OCH3 is 4. The van der Waals surface area contributed by atoms with Crippen LogP contribution in [0.1, 0.15) is 18.1 Å².